The van der Waals surface area contributed by atoms with Crippen molar-refractivity contribution in [2.24, 2.45) is 0 Å². The normalized spacial score (nSPS) is 12.5. The van der Waals surface area contributed by atoms with E-state index in [1.165, 1.54) is 31.2 Å². The summed E-state index contributed by atoms with van der Waals surface area (Å²) in [5, 5.41) is 0. The Hall–Kier alpha value is -2.47. The summed E-state index contributed by atoms with van der Waals surface area (Å²) in [5.41, 5.74) is 2.73. The summed E-state index contributed by atoms with van der Waals surface area (Å²) >= 11 is 0. The maximum absolute atomic E-state index is 12.4. The molecule has 0 bridgehead atoms. The highest BCUT2D eigenvalue weighted by molar-refractivity contribution is 7.90. The molecule has 0 saturated heterocycles. The smallest absolute Gasteiger partial charge is 0.338 e. The molecule has 1 atom stereocenters. The van der Waals surface area contributed by atoms with Gasteiger partial charge in [-0.2, -0.15) is 0 Å². The highest BCUT2D eigenvalue weighted by atomic mass is 32.2. The number of hydrogen-bond acceptors (Lipinski definition) is 5. The first-order valence-electron chi connectivity index (χ1n) is 7.72. The van der Waals surface area contributed by atoms with Gasteiger partial charge in [0.15, 0.2) is 15.9 Å². The van der Waals surface area contributed by atoms with Crippen molar-refractivity contribution < 1.29 is 22.7 Å². The first kappa shape index (κ1) is 18.9. The molecule has 0 N–H and O–H groups in total. The third-order valence-electron chi connectivity index (χ3n) is 3.96. The Morgan fingerprint density at radius 3 is 2.00 bits per heavy atom. The van der Waals surface area contributed by atoms with Crippen LogP contribution in [0.5, 0.6) is 0 Å². The Balaban J connectivity index is 2.11. The number of esters is 1. The molecule has 0 spiro atoms. The van der Waals surface area contributed by atoms with Crippen LogP contribution in [0.15, 0.2) is 47.4 Å². The van der Waals surface area contributed by atoms with Gasteiger partial charge in [0.1, 0.15) is 0 Å². The van der Waals surface area contributed by atoms with Crippen LogP contribution >= 0.6 is 0 Å². The van der Waals surface area contributed by atoms with E-state index in [0.29, 0.717) is 5.56 Å². The molecule has 0 aromatic heterocycles. The van der Waals surface area contributed by atoms with Gasteiger partial charge < -0.3 is 4.74 Å². The summed E-state index contributed by atoms with van der Waals surface area (Å²) in [6, 6.07) is 10.7. The van der Waals surface area contributed by atoms with Crippen molar-refractivity contribution in [3.8, 4) is 0 Å². The minimum absolute atomic E-state index is 0.114. The van der Waals surface area contributed by atoms with E-state index >= 15 is 0 Å². The fourth-order valence-corrected chi connectivity index (χ4v) is 2.88. The van der Waals surface area contributed by atoms with Crippen LogP contribution in [0, 0.1) is 13.8 Å². The van der Waals surface area contributed by atoms with Crippen LogP contribution < -0.4 is 0 Å². The maximum Gasteiger partial charge on any atom is 0.338 e. The SMILES string of the molecule is Cc1ccc(C(=O)[C@H](C)OC(=O)c2ccc(S(C)(=O)=O)cc2)cc1C. The Morgan fingerprint density at radius 1 is 0.920 bits per heavy atom. The van der Waals surface area contributed by atoms with Crippen molar-refractivity contribution >= 4 is 21.6 Å². The highest BCUT2D eigenvalue weighted by Gasteiger charge is 2.21. The van der Waals surface area contributed by atoms with Gasteiger partial charge in [0.25, 0.3) is 0 Å². The van der Waals surface area contributed by atoms with Gasteiger partial charge in [-0.25, -0.2) is 13.2 Å². The summed E-state index contributed by atoms with van der Waals surface area (Å²) in [5.74, 6) is -0.964. The molecule has 2 aromatic carbocycles. The van der Waals surface area contributed by atoms with Crippen LogP contribution in [0.2, 0.25) is 0 Å². The number of rotatable bonds is 5. The Morgan fingerprint density at radius 2 is 1.48 bits per heavy atom. The number of ketones is 1. The molecule has 0 radical (unpaired) electrons. The summed E-state index contributed by atoms with van der Waals surface area (Å²) in [6.45, 7) is 5.37. The largest absolute Gasteiger partial charge is 0.451 e. The van der Waals surface area contributed by atoms with Gasteiger partial charge >= 0.3 is 5.97 Å². The van der Waals surface area contributed by atoms with Gasteiger partial charge in [-0.1, -0.05) is 12.1 Å². The summed E-state index contributed by atoms with van der Waals surface area (Å²) < 4.78 is 28.1. The number of aryl methyl sites for hydroxylation is 2. The Kier molecular flexibility index (Phi) is 5.42. The number of ether oxygens (including phenoxy) is 1. The summed E-state index contributed by atoms with van der Waals surface area (Å²) in [7, 11) is -3.33. The van der Waals surface area contributed by atoms with E-state index in [1.807, 2.05) is 19.9 Å². The Labute approximate surface area is 147 Å². The van der Waals surface area contributed by atoms with Gasteiger partial charge in [0.2, 0.25) is 5.78 Å². The van der Waals surface area contributed by atoms with Crippen molar-refractivity contribution in [3.05, 3.63) is 64.7 Å². The van der Waals surface area contributed by atoms with E-state index in [9.17, 15) is 18.0 Å². The molecule has 0 fully saturated rings. The van der Waals surface area contributed by atoms with Crippen molar-refractivity contribution in [1.29, 1.82) is 0 Å². The molecule has 0 heterocycles. The zero-order chi connectivity index (χ0) is 18.8. The van der Waals surface area contributed by atoms with E-state index in [4.69, 9.17) is 4.74 Å². The first-order valence-corrected chi connectivity index (χ1v) is 9.61. The van der Waals surface area contributed by atoms with Crippen molar-refractivity contribution in [3.63, 3.8) is 0 Å². The third kappa shape index (κ3) is 4.54. The zero-order valence-corrected chi connectivity index (χ0v) is 15.4. The number of hydrogen-bond donors (Lipinski definition) is 0. The van der Waals surface area contributed by atoms with Crippen LogP contribution in [0.3, 0.4) is 0 Å². The van der Waals surface area contributed by atoms with Gasteiger partial charge in [-0.3, -0.25) is 4.79 Å². The fourth-order valence-electron chi connectivity index (χ4n) is 2.25. The predicted octanol–water partition coefficient (Wildman–Crippen LogP) is 3.14. The molecule has 0 aliphatic carbocycles. The number of carbonyl (C=O) groups excluding carboxylic acids is 2. The van der Waals surface area contributed by atoms with Gasteiger partial charge in [-0.15, -0.1) is 0 Å². The second-order valence-corrected chi connectivity index (χ2v) is 8.02. The topological polar surface area (TPSA) is 77.5 Å². The molecule has 132 valence electrons. The quantitative estimate of drug-likeness (QED) is 0.605. The lowest BCUT2D eigenvalue weighted by Crippen LogP contribution is -2.24. The monoisotopic (exact) mass is 360 g/mol. The molecule has 5 nitrogen and oxygen atoms in total. The van der Waals surface area contributed by atoms with E-state index in [1.54, 1.807) is 12.1 Å². The lowest BCUT2D eigenvalue weighted by Gasteiger charge is -2.13. The zero-order valence-electron chi connectivity index (χ0n) is 14.6. The molecule has 6 heteroatoms. The van der Waals surface area contributed by atoms with E-state index in [2.05, 4.69) is 0 Å². The molecular weight excluding hydrogens is 340 g/mol. The highest BCUT2D eigenvalue weighted by Crippen LogP contribution is 2.15. The average Bonchev–Trinajstić information content (AvgIpc) is 2.56. The second kappa shape index (κ2) is 7.19. The van der Waals surface area contributed by atoms with Crippen molar-refractivity contribution in [2.75, 3.05) is 6.26 Å². The molecule has 0 aliphatic rings. The van der Waals surface area contributed by atoms with Gasteiger partial charge in [0, 0.05) is 11.8 Å². The van der Waals surface area contributed by atoms with E-state index in [0.717, 1.165) is 17.4 Å². The molecule has 0 amide bonds. The number of sulfone groups is 1. The van der Waals surface area contributed by atoms with Gasteiger partial charge in [0.05, 0.1) is 10.5 Å². The third-order valence-corrected chi connectivity index (χ3v) is 5.09. The molecule has 2 aromatic rings. The first-order chi connectivity index (χ1) is 11.6. The molecule has 0 unspecified atom stereocenters. The lowest BCUT2D eigenvalue weighted by atomic mass is 10.0. The van der Waals surface area contributed by atoms with Crippen LogP contribution in [0.25, 0.3) is 0 Å². The molecule has 2 rings (SSSR count). The number of benzene rings is 2. The fraction of sp³-hybridized carbons (Fsp3) is 0.263. The average molecular weight is 360 g/mol. The molecule has 25 heavy (non-hydrogen) atoms. The second-order valence-electron chi connectivity index (χ2n) is 6.01. The van der Waals surface area contributed by atoms with Crippen molar-refractivity contribution in [2.45, 2.75) is 31.8 Å². The number of carbonyl (C=O) groups is 2. The Bertz CT molecular complexity index is 911. The van der Waals surface area contributed by atoms with E-state index in [-0.39, 0.29) is 16.2 Å². The molecule has 0 saturated carbocycles. The molecular formula is C19H20O5S. The minimum atomic E-state index is -3.33. The molecule has 0 aliphatic heterocycles. The van der Waals surface area contributed by atoms with Gasteiger partial charge in [-0.05, 0) is 62.2 Å². The summed E-state index contributed by atoms with van der Waals surface area (Å²) in [6.07, 6.45) is 0.147. The standard InChI is InChI=1S/C19H20O5S/c1-12-5-6-16(11-13(12)2)18(20)14(3)24-19(21)15-7-9-17(10-8-15)25(4,22)23/h5-11,14H,1-4H3/t14-/m0/s1. The van der Waals surface area contributed by atoms with E-state index < -0.39 is 21.9 Å². The minimum Gasteiger partial charge on any atom is -0.451 e. The lowest BCUT2D eigenvalue weighted by molar-refractivity contribution is 0.0318. The predicted molar refractivity (Wildman–Crippen MR) is 94.7 cm³/mol. The number of Topliss-reactive ketones (excluding diaryl/α,β-unsaturated/α-hetero) is 1. The van der Waals surface area contributed by atoms with Crippen LogP contribution in [-0.2, 0) is 14.6 Å². The van der Waals surface area contributed by atoms with Crippen molar-refractivity contribution in [1.82, 2.24) is 0 Å². The van der Waals surface area contributed by atoms with Crippen LogP contribution in [-0.4, -0.2) is 32.5 Å². The summed E-state index contributed by atoms with van der Waals surface area (Å²) in [4.78, 5) is 24.7. The van der Waals surface area contributed by atoms with Crippen LogP contribution in [0.1, 0.15) is 38.8 Å². The maximum atomic E-state index is 12.4. The van der Waals surface area contributed by atoms with Crippen LogP contribution in [0.4, 0.5) is 0 Å².